The Labute approximate surface area is 153 Å². The van der Waals surface area contributed by atoms with Crippen molar-refractivity contribution in [3.63, 3.8) is 0 Å². The van der Waals surface area contributed by atoms with Crippen LogP contribution in [0.3, 0.4) is 0 Å². The van der Waals surface area contributed by atoms with Crippen LogP contribution in [-0.4, -0.2) is 40.2 Å². The summed E-state index contributed by atoms with van der Waals surface area (Å²) in [7, 11) is 1.92. The van der Waals surface area contributed by atoms with Gasteiger partial charge in [0.05, 0.1) is 11.7 Å². The lowest BCUT2D eigenvalue weighted by atomic mass is 10.2. The van der Waals surface area contributed by atoms with Crippen LogP contribution in [-0.2, 0) is 11.8 Å². The van der Waals surface area contributed by atoms with Crippen molar-refractivity contribution in [2.75, 3.05) is 19.6 Å². The Morgan fingerprint density at radius 1 is 1.40 bits per heavy atom. The maximum atomic E-state index is 12.3. The third kappa shape index (κ3) is 4.19. The highest BCUT2D eigenvalue weighted by molar-refractivity contribution is 7.10. The first kappa shape index (κ1) is 17.9. The fraction of sp³-hybridized carbons (Fsp3) is 0.474. The number of thiophene rings is 1. The fourth-order valence-corrected chi connectivity index (χ4v) is 4.25. The van der Waals surface area contributed by atoms with Gasteiger partial charge in [-0.3, -0.25) is 14.4 Å². The molecule has 0 saturated carbocycles. The van der Waals surface area contributed by atoms with E-state index in [0.29, 0.717) is 6.54 Å². The number of aryl methyl sites for hydroxylation is 2. The van der Waals surface area contributed by atoms with Crippen molar-refractivity contribution >= 4 is 23.3 Å². The molecule has 5 nitrogen and oxygen atoms in total. The monoisotopic (exact) mass is 358 g/mol. The number of nitrogens with zero attached hydrogens (tertiary/aromatic N) is 3. The minimum absolute atomic E-state index is 0.0524. The van der Waals surface area contributed by atoms with E-state index in [0.717, 1.165) is 30.0 Å². The van der Waals surface area contributed by atoms with Crippen LogP contribution in [0.5, 0.6) is 0 Å². The molecule has 1 amide bonds. The molecule has 1 atom stereocenters. The molecule has 0 aliphatic carbocycles. The van der Waals surface area contributed by atoms with Crippen LogP contribution < -0.4 is 5.32 Å². The van der Waals surface area contributed by atoms with Gasteiger partial charge in [-0.2, -0.15) is 5.10 Å². The molecule has 3 heterocycles. The molecule has 0 aromatic carbocycles. The molecule has 1 fully saturated rings. The molecule has 2 aromatic heterocycles. The molecule has 3 rings (SSSR count). The van der Waals surface area contributed by atoms with Crippen LogP contribution in [0.2, 0.25) is 0 Å². The summed E-state index contributed by atoms with van der Waals surface area (Å²) in [6.07, 6.45) is 5.97. The predicted octanol–water partition coefficient (Wildman–Crippen LogP) is 3.06. The van der Waals surface area contributed by atoms with Gasteiger partial charge < -0.3 is 5.32 Å². The Morgan fingerprint density at radius 2 is 2.16 bits per heavy atom. The average Bonchev–Trinajstić information content (AvgIpc) is 3.32. The topological polar surface area (TPSA) is 50.2 Å². The summed E-state index contributed by atoms with van der Waals surface area (Å²) in [4.78, 5) is 16.1. The van der Waals surface area contributed by atoms with Gasteiger partial charge >= 0.3 is 0 Å². The second kappa shape index (κ2) is 7.97. The van der Waals surface area contributed by atoms with Crippen molar-refractivity contribution in [1.82, 2.24) is 20.0 Å². The molecule has 0 spiro atoms. The standard InChI is InChI=1S/C19H26N4OS/c1-14-16(15(2)22(3)21-14)8-9-19(24)20-13-17(18-7-6-12-25-18)23-10-4-5-11-23/h6-9,12,17H,4-5,10-11,13H2,1-3H3,(H,20,24)/b9-8+/t17-/m0/s1. The molecule has 6 heteroatoms. The zero-order valence-electron chi connectivity index (χ0n) is 15.2. The summed E-state index contributed by atoms with van der Waals surface area (Å²) in [5.74, 6) is -0.0524. The number of nitrogens with one attached hydrogen (secondary N) is 1. The number of carbonyl (C=O) groups is 1. The highest BCUT2D eigenvalue weighted by Gasteiger charge is 2.24. The maximum absolute atomic E-state index is 12.3. The molecule has 2 aromatic rings. The minimum Gasteiger partial charge on any atom is -0.351 e. The van der Waals surface area contributed by atoms with Crippen LogP contribution >= 0.6 is 11.3 Å². The lowest BCUT2D eigenvalue weighted by molar-refractivity contribution is -0.116. The van der Waals surface area contributed by atoms with Gasteiger partial charge in [0.25, 0.3) is 0 Å². The quantitative estimate of drug-likeness (QED) is 0.808. The average molecular weight is 359 g/mol. The van der Waals surface area contributed by atoms with E-state index < -0.39 is 0 Å². The molecular formula is C19H26N4OS. The Morgan fingerprint density at radius 3 is 2.76 bits per heavy atom. The van der Waals surface area contributed by atoms with Crippen LogP contribution in [0.25, 0.3) is 6.08 Å². The number of hydrogen-bond acceptors (Lipinski definition) is 4. The van der Waals surface area contributed by atoms with E-state index in [1.165, 1.54) is 17.7 Å². The number of likely N-dealkylation sites (tertiary alicyclic amines) is 1. The van der Waals surface area contributed by atoms with E-state index >= 15 is 0 Å². The maximum Gasteiger partial charge on any atom is 0.244 e. The summed E-state index contributed by atoms with van der Waals surface area (Å²) < 4.78 is 1.84. The lowest BCUT2D eigenvalue weighted by Crippen LogP contribution is -2.35. The third-order valence-electron chi connectivity index (χ3n) is 4.89. The normalized spacial score (nSPS) is 16.6. The van der Waals surface area contributed by atoms with Crippen molar-refractivity contribution in [3.8, 4) is 0 Å². The molecule has 1 N–H and O–H groups in total. The summed E-state index contributed by atoms with van der Waals surface area (Å²) in [5, 5.41) is 9.56. The van der Waals surface area contributed by atoms with Crippen molar-refractivity contribution in [1.29, 1.82) is 0 Å². The first-order chi connectivity index (χ1) is 12.1. The highest BCUT2D eigenvalue weighted by atomic mass is 32.1. The number of amides is 1. The number of carbonyl (C=O) groups excluding carboxylic acids is 1. The molecule has 1 aliphatic rings. The van der Waals surface area contributed by atoms with Gasteiger partial charge in [0, 0.05) is 35.8 Å². The molecule has 134 valence electrons. The van der Waals surface area contributed by atoms with E-state index in [4.69, 9.17) is 0 Å². The largest absolute Gasteiger partial charge is 0.351 e. The van der Waals surface area contributed by atoms with Crippen LogP contribution in [0.15, 0.2) is 23.6 Å². The minimum atomic E-state index is -0.0524. The smallest absolute Gasteiger partial charge is 0.244 e. The molecular weight excluding hydrogens is 332 g/mol. The van der Waals surface area contributed by atoms with Crippen LogP contribution in [0.1, 0.15) is 40.7 Å². The van der Waals surface area contributed by atoms with E-state index in [2.05, 4.69) is 32.8 Å². The Bertz CT molecular complexity index is 742. The Hall–Kier alpha value is -1.92. The van der Waals surface area contributed by atoms with Crippen molar-refractivity contribution < 1.29 is 4.79 Å². The molecule has 1 saturated heterocycles. The molecule has 0 radical (unpaired) electrons. The Balaban J connectivity index is 1.62. The number of rotatable bonds is 6. The summed E-state index contributed by atoms with van der Waals surface area (Å²) in [6.45, 7) is 6.85. The first-order valence-corrected chi connectivity index (χ1v) is 9.68. The second-order valence-electron chi connectivity index (χ2n) is 6.56. The van der Waals surface area contributed by atoms with Gasteiger partial charge in [-0.15, -0.1) is 11.3 Å². The lowest BCUT2D eigenvalue weighted by Gasteiger charge is -2.26. The number of aromatic nitrogens is 2. The van der Waals surface area contributed by atoms with Gasteiger partial charge in [0.2, 0.25) is 5.91 Å². The van der Waals surface area contributed by atoms with Crippen molar-refractivity contribution in [2.45, 2.75) is 32.7 Å². The van der Waals surface area contributed by atoms with Crippen molar-refractivity contribution in [2.24, 2.45) is 7.05 Å². The van der Waals surface area contributed by atoms with Crippen LogP contribution in [0.4, 0.5) is 0 Å². The zero-order chi connectivity index (χ0) is 17.8. The van der Waals surface area contributed by atoms with E-state index in [-0.39, 0.29) is 11.9 Å². The van der Waals surface area contributed by atoms with Gasteiger partial charge in [0.1, 0.15) is 0 Å². The first-order valence-electron chi connectivity index (χ1n) is 8.80. The van der Waals surface area contributed by atoms with Gasteiger partial charge in [-0.25, -0.2) is 0 Å². The van der Waals surface area contributed by atoms with Gasteiger partial charge in [-0.05, 0) is 57.3 Å². The van der Waals surface area contributed by atoms with Crippen molar-refractivity contribution in [3.05, 3.63) is 45.4 Å². The van der Waals surface area contributed by atoms with Crippen LogP contribution in [0, 0.1) is 13.8 Å². The van der Waals surface area contributed by atoms with Gasteiger partial charge in [0.15, 0.2) is 0 Å². The summed E-state index contributed by atoms with van der Waals surface area (Å²) in [5.41, 5.74) is 3.03. The van der Waals surface area contributed by atoms with Gasteiger partial charge in [-0.1, -0.05) is 6.07 Å². The second-order valence-corrected chi connectivity index (χ2v) is 7.54. The van der Waals surface area contributed by atoms with E-state index in [1.54, 1.807) is 17.4 Å². The zero-order valence-corrected chi connectivity index (χ0v) is 16.0. The predicted molar refractivity (Wildman–Crippen MR) is 103 cm³/mol. The summed E-state index contributed by atoms with van der Waals surface area (Å²) in [6, 6.07) is 4.53. The third-order valence-corrected chi connectivity index (χ3v) is 5.86. The fourth-order valence-electron chi connectivity index (χ4n) is 3.39. The molecule has 25 heavy (non-hydrogen) atoms. The number of hydrogen-bond donors (Lipinski definition) is 1. The van der Waals surface area contributed by atoms with E-state index in [1.807, 2.05) is 31.7 Å². The molecule has 1 aliphatic heterocycles. The summed E-state index contributed by atoms with van der Waals surface area (Å²) >= 11 is 1.76. The SMILES string of the molecule is Cc1nn(C)c(C)c1/C=C/C(=O)NC[C@@H](c1cccs1)N1CCCC1. The molecule has 0 bridgehead atoms. The highest BCUT2D eigenvalue weighted by Crippen LogP contribution is 2.27. The molecule has 0 unspecified atom stereocenters. The Kier molecular flexibility index (Phi) is 5.71. The van der Waals surface area contributed by atoms with E-state index in [9.17, 15) is 4.79 Å².